The van der Waals surface area contributed by atoms with E-state index in [2.05, 4.69) is 20.1 Å². The van der Waals surface area contributed by atoms with Crippen LogP contribution in [-0.2, 0) is 7.05 Å². The van der Waals surface area contributed by atoms with Crippen molar-refractivity contribution in [3.8, 4) is 17.0 Å². The van der Waals surface area contributed by atoms with Crippen molar-refractivity contribution in [3.63, 3.8) is 0 Å². The van der Waals surface area contributed by atoms with Crippen LogP contribution >= 0.6 is 0 Å². The fourth-order valence-electron chi connectivity index (χ4n) is 2.85. The highest BCUT2D eigenvalue weighted by molar-refractivity contribution is 6.03. The minimum Gasteiger partial charge on any atom is -0.494 e. The Bertz CT molecular complexity index is 1040. The molecule has 0 unspecified atom stereocenters. The van der Waals surface area contributed by atoms with Crippen molar-refractivity contribution in [2.45, 2.75) is 6.92 Å². The molecule has 0 saturated heterocycles. The molecule has 23 heavy (non-hydrogen) atoms. The Morgan fingerprint density at radius 3 is 2.78 bits per heavy atom. The van der Waals surface area contributed by atoms with Crippen molar-refractivity contribution < 1.29 is 4.74 Å². The van der Waals surface area contributed by atoms with Crippen LogP contribution in [0, 0.1) is 6.92 Å². The zero-order valence-electron chi connectivity index (χ0n) is 13.1. The minimum absolute atomic E-state index is 0.712. The van der Waals surface area contributed by atoms with E-state index in [0.29, 0.717) is 5.82 Å². The van der Waals surface area contributed by atoms with Crippen LogP contribution in [0.2, 0.25) is 0 Å². The lowest BCUT2D eigenvalue weighted by Crippen LogP contribution is -1.98. The standard InChI is InChI=1S/C17H15N5O/c1-10-20-15(13-9-19-22(2)17(13)21-10)12-6-7-14(23-3)16-11(12)5-4-8-18-16/h4-9H,1-3H3. The van der Waals surface area contributed by atoms with Gasteiger partial charge in [0.2, 0.25) is 0 Å². The Kier molecular flexibility index (Phi) is 2.97. The molecule has 0 radical (unpaired) electrons. The molecule has 0 amide bonds. The van der Waals surface area contributed by atoms with Gasteiger partial charge in [-0.1, -0.05) is 6.07 Å². The SMILES string of the molecule is COc1ccc(-c2nc(C)nc3c2cnn3C)c2cccnc12. The van der Waals surface area contributed by atoms with Crippen LogP contribution in [0.25, 0.3) is 33.2 Å². The maximum Gasteiger partial charge on any atom is 0.161 e. The van der Waals surface area contributed by atoms with Crippen molar-refractivity contribution in [1.29, 1.82) is 0 Å². The number of aryl methyl sites for hydroxylation is 2. The summed E-state index contributed by atoms with van der Waals surface area (Å²) in [5, 5.41) is 6.23. The van der Waals surface area contributed by atoms with Gasteiger partial charge in [0.05, 0.1) is 24.4 Å². The monoisotopic (exact) mass is 305 g/mol. The molecular weight excluding hydrogens is 290 g/mol. The van der Waals surface area contributed by atoms with E-state index >= 15 is 0 Å². The van der Waals surface area contributed by atoms with Crippen LogP contribution in [0.3, 0.4) is 0 Å². The summed E-state index contributed by atoms with van der Waals surface area (Å²) < 4.78 is 7.18. The number of hydrogen-bond acceptors (Lipinski definition) is 5. The van der Waals surface area contributed by atoms with Crippen LogP contribution in [0.5, 0.6) is 5.75 Å². The Morgan fingerprint density at radius 1 is 1.09 bits per heavy atom. The van der Waals surface area contributed by atoms with E-state index in [1.165, 1.54) is 0 Å². The second-order valence-electron chi connectivity index (χ2n) is 5.34. The molecule has 4 rings (SSSR count). The molecule has 0 bridgehead atoms. The van der Waals surface area contributed by atoms with Crippen molar-refractivity contribution in [2.24, 2.45) is 7.05 Å². The van der Waals surface area contributed by atoms with Gasteiger partial charge in [-0.15, -0.1) is 0 Å². The molecular formula is C17H15N5O. The van der Waals surface area contributed by atoms with Gasteiger partial charge in [0.1, 0.15) is 17.1 Å². The van der Waals surface area contributed by atoms with Gasteiger partial charge in [-0.2, -0.15) is 5.10 Å². The van der Waals surface area contributed by atoms with Crippen LogP contribution in [0.4, 0.5) is 0 Å². The molecule has 0 aliphatic rings. The third kappa shape index (κ3) is 2.03. The van der Waals surface area contributed by atoms with Crippen molar-refractivity contribution >= 4 is 21.9 Å². The number of methoxy groups -OCH3 is 1. The number of aromatic nitrogens is 5. The number of hydrogen-bond donors (Lipinski definition) is 0. The van der Waals surface area contributed by atoms with E-state index in [0.717, 1.165) is 38.9 Å². The van der Waals surface area contributed by atoms with Crippen LogP contribution in [-0.4, -0.2) is 31.8 Å². The lowest BCUT2D eigenvalue weighted by Gasteiger charge is -2.10. The van der Waals surface area contributed by atoms with E-state index in [1.54, 1.807) is 24.2 Å². The van der Waals surface area contributed by atoms with Crippen LogP contribution in [0.1, 0.15) is 5.82 Å². The highest BCUT2D eigenvalue weighted by atomic mass is 16.5. The Balaban J connectivity index is 2.11. The zero-order valence-corrected chi connectivity index (χ0v) is 13.1. The van der Waals surface area contributed by atoms with Gasteiger partial charge in [0.15, 0.2) is 5.65 Å². The molecule has 0 aliphatic heterocycles. The summed E-state index contributed by atoms with van der Waals surface area (Å²) in [5.41, 5.74) is 3.50. The summed E-state index contributed by atoms with van der Waals surface area (Å²) >= 11 is 0. The zero-order chi connectivity index (χ0) is 16.0. The molecule has 3 heterocycles. The molecule has 4 aromatic rings. The smallest absolute Gasteiger partial charge is 0.161 e. The molecule has 6 nitrogen and oxygen atoms in total. The maximum atomic E-state index is 5.42. The van der Waals surface area contributed by atoms with Crippen LogP contribution < -0.4 is 4.74 Å². The molecule has 3 aromatic heterocycles. The molecule has 0 fully saturated rings. The summed E-state index contributed by atoms with van der Waals surface area (Å²) in [6, 6.07) is 7.88. The first kappa shape index (κ1) is 13.6. The van der Waals surface area contributed by atoms with Gasteiger partial charge in [-0.05, 0) is 25.1 Å². The van der Waals surface area contributed by atoms with Crippen LogP contribution in [0.15, 0.2) is 36.7 Å². The summed E-state index contributed by atoms with van der Waals surface area (Å²) in [4.78, 5) is 13.6. The molecule has 0 aliphatic carbocycles. The third-order valence-corrected chi connectivity index (χ3v) is 3.91. The normalized spacial score (nSPS) is 11.3. The molecule has 1 aromatic carbocycles. The van der Waals surface area contributed by atoms with Crippen molar-refractivity contribution in [2.75, 3.05) is 7.11 Å². The van der Waals surface area contributed by atoms with E-state index in [1.807, 2.05) is 38.2 Å². The topological polar surface area (TPSA) is 65.7 Å². The lowest BCUT2D eigenvalue weighted by molar-refractivity contribution is 0.419. The van der Waals surface area contributed by atoms with E-state index < -0.39 is 0 Å². The number of pyridine rings is 1. The fourth-order valence-corrected chi connectivity index (χ4v) is 2.85. The van der Waals surface area contributed by atoms with Crippen molar-refractivity contribution in [3.05, 3.63) is 42.5 Å². The number of nitrogens with zero attached hydrogens (tertiary/aromatic N) is 5. The first-order chi connectivity index (χ1) is 11.2. The van der Waals surface area contributed by atoms with Gasteiger partial charge < -0.3 is 4.74 Å². The predicted molar refractivity (Wildman–Crippen MR) is 88.3 cm³/mol. The maximum absolute atomic E-state index is 5.42. The van der Waals surface area contributed by atoms with E-state index in [4.69, 9.17) is 4.74 Å². The fraction of sp³-hybridized carbons (Fsp3) is 0.176. The Hall–Kier alpha value is -3.02. The molecule has 6 heteroatoms. The molecule has 0 N–H and O–H groups in total. The summed E-state index contributed by atoms with van der Waals surface area (Å²) in [5.74, 6) is 1.46. The first-order valence-corrected chi connectivity index (χ1v) is 7.27. The lowest BCUT2D eigenvalue weighted by atomic mass is 10.0. The van der Waals surface area contributed by atoms with Gasteiger partial charge in [0.25, 0.3) is 0 Å². The molecule has 114 valence electrons. The number of fused-ring (bicyclic) bond motifs is 2. The predicted octanol–water partition coefficient (Wildman–Crippen LogP) is 2.90. The number of rotatable bonds is 2. The largest absolute Gasteiger partial charge is 0.494 e. The van der Waals surface area contributed by atoms with E-state index in [9.17, 15) is 0 Å². The van der Waals surface area contributed by atoms with Gasteiger partial charge in [0, 0.05) is 24.2 Å². The Labute approximate surface area is 132 Å². The average Bonchev–Trinajstić information content (AvgIpc) is 2.94. The summed E-state index contributed by atoms with van der Waals surface area (Å²) in [7, 11) is 3.53. The second kappa shape index (κ2) is 5.01. The molecule has 0 spiro atoms. The Morgan fingerprint density at radius 2 is 1.96 bits per heavy atom. The highest BCUT2D eigenvalue weighted by Gasteiger charge is 2.15. The minimum atomic E-state index is 0.712. The van der Waals surface area contributed by atoms with Gasteiger partial charge in [-0.3, -0.25) is 9.67 Å². The number of benzene rings is 1. The summed E-state index contributed by atoms with van der Waals surface area (Å²) in [6.07, 6.45) is 3.57. The first-order valence-electron chi connectivity index (χ1n) is 7.27. The van der Waals surface area contributed by atoms with Gasteiger partial charge in [-0.25, -0.2) is 9.97 Å². The molecule has 0 saturated carbocycles. The van der Waals surface area contributed by atoms with E-state index in [-0.39, 0.29) is 0 Å². The quantitative estimate of drug-likeness (QED) is 0.569. The summed E-state index contributed by atoms with van der Waals surface area (Å²) in [6.45, 7) is 1.89. The van der Waals surface area contributed by atoms with Crippen molar-refractivity contribution in [1.82, 2.24) is 24.7 Å². The molecule has 0 atom stereocenters. The highest BCUT2D eigenvalue weighted by Crippen LogP contribution is 2.35. The van der Waals surface area contributed by atoms with Gasteiger partial charge >= 0.3 is 0 Å². The average molecular weight is 305 g/mol. The second-order valence-corrected chi connectivity index (χ2v) is 5.34. The number of ether oxygens (including phenoxy) is 1. The third-order valence-electron chi connectivity index (χ3n) is 3.91.